The van der Waals surface area contributed by atoms with Crippen molar-refractivity contribution < 1.29 is 14.3 Å². The Morgan fingerprint density at radius 3 is 2.60 bits per heavy atom. The van der Waals surface area contributed by atoms with Crippen LogP contribution >= 0.6 is 0 Å². The molecule has 0 aliphatic rings. The lowest BCUT2D eigenvalue weighted by molar-refractivity contribution is 0.0508. The molecule has 0 spiro atoms. The van der Waals surface area contributed by atoms with Gasteiger partial charge in [-0.15, -0.1) is 0 Å². The van der Waals surface area contributed by atoms with E-state index in [0.717, 1.165) is 18.4 Å². The number of fused-ring (bicyclic) bond motifs is 2. The summed E-state index contributed by atoms with van der Waals surface area (Å²) in [6.07, 6.45) is 1.50. The number of nitrogens with zero attached hydrogens (tertiary/aromatic N) is 3. The minimum absolute atomic E-state index is 0.291. The molecule has 1 aromatic carbocycles. The van der Waals surface area contributed by atoms with Crippen molar-refractivity contribution in [3.63, 3.8) is 0 Å². The van der Waals surface area contributed by atoms with Crippen LogP contribution in [0.15, 0.2) is 24.3 Å². The summed E-state index contributed by atoms with van der Waals surface area (Å²) in [5.41, 5.74) is 9.11. The lowest BCUT2D eigenvalue weighted by atomic mass is 10.2. The third-order valence-corrected chi connectivity index (χ3v) is 3.96. The third kappa shape index (κ3) is 3.28. The number of nitrogens with two attached hydrogens (primary N) is 1. The molecule has 0 amide bonds. The molecular formula is C18H22N4O3. The van der Waals surface area contributed by atoms with Gasteiger partial charge in [0.15, 0.2) is 5.65 Å². The first-order valence-corrected chi connectivity index (χ1v) is 8.37. The van der Waals surface area contributed by atoms with Gasteiger partial charge in [0.05, 0.1) is 17.6 Å². The number of esters is 1. The van der Waals surface area contributed by atoms with Crippen LogP contribution in [0.3, 0.4) is 0 Å². The van der Waals surface area contributed by atoms with Gasteiger partial charge in [-0.3, -0.25) is 0 Å². The standard InChI is InChI=1S/C18H22N4O3/c1-3-10-25-18(23)14-15-17(22(16(14)19)9-6-11-24-2)21-13-8-5-4-7-12(13)20-15/h4-5,7-8H,3,6,9-11,19H2,1-2H3. The molecule has 0 fully saturated rings. The Morgan fingerprint density at radius 2 is 1.92 bits per heavy atom. The monoisotopic (exact) mass is 342 g/mol. The van der Waals surface area contributed by atoms with Gasteiger partial charge in [0.2, 0.25) is 0 Å². The van der Waals surface area contributed by atoms with Gasteiger partial charge in [0.1, 0.15) is 16.9 Å². The first kappa shape index (κ1) is 17.2. The number of benzene rings is 1. The van der Waals surface area contributed by atoms with E-state index in [2.05, 4.69) is 9.97 Å². The van der Waals surface area contributed by atoms with E-state index in [1.807, 2.05) is 35.8 Å². The summed E-state index contributed by atoms with van der Waals surface area (Å²) >= 11 is 0. The molecule has 25 heavy (non-hydrogen) atoms. The molecule has 2 heterocycles. The zero-order valence-electron chi connectivity index (χ0n) is 14.5. The predicted octanol–water partition coefficient (Wildman–Crippen LogP) is 2.77. The molecule has 132 valence electrons. The molecule has 0 atom stereocenters. The number of nitrogen functional groups attached to an aromatic ring is 1. The molecule has 0 radical (unpaired) electrons. The molecule has 0 unspecified atom stereocenters. The number of rotatable bonds is 7. The fraction of sp³-hybridized carbons (Fsp3) is 0.389. The summed E-state index contributed by atoms with van der Waals surface area (Å²) in [6.45, 7) is 3.47. The second-order valence-electron chi connectivity index (χ2n) is 5.78. The molecular weight excluding hydrogens is 320 g/mol. The number of hydrogen-bond acceptors (Lipinski definition) is 6. The number of carbonyl (C=O) groups is 1. The van der Waals surface area contributed by atoms with Crippen LogP contribution in [0, 0.1) is 0 Å². The van der Waals surface area contributed by atoms with Crippen LogP contribution in [0.2, 0.25) is 0 Å². The fourth-order valence-electron chi connectivity index (χ4n) is 2.78. The van der Waals surface area contributed by atoms with Crippen molar-refractivity contribution >= 4 is 34.0 Å². The highest BCUT2D eigenvalue weighted by molar-refractivity contribution is 6.08. The summed E-state index contributed by atoms with van der Waals surface area (Å²) < 4.78 is 12.2. The number of aromatic nitrogens is 3. The Labute approximate surface area is 145 Å². The second kappa shape index (κ2) is 7.48. The van der Waals surface area contributed by atoms with Gasteiger partial charge in [-0.05, 0) is 25.0 Å². The summed E-state index contributed by atoms with van der Waals surface area (Å²) in [7, 11) is 1.65. The predicted molar refractivity (Wildman–Crippen MR) is 96.5 cm³/mol. The van der Waals surface area contributed by atoms with Crippen LogP contribution in [0.4, 0.5) is 5.82 Å². The minimum atomic E-state index is -0.459. The van der Waals surface area contributed by atoms with E-state index >= 15 is 0 Å². The Kier molecular flexibility index (Phi) is 5.14. The lowest BCUT2D eigenvalue weighted by Crippen LogP contribution is -2.11. The van der Waals surface area contributed by atoms with Crippen LogP contribution in [0.1, 0.15) is 30.1 Å². The number of ether oxygens (including phenoxy) is 2. The van der Waals surface area contributed by atoms with Crippen molar-refractivity contribution in [2.45, 2.75) is 26.3 Å². The summed E-state index contributed by atoms with van der Waals surface area (Å²) in [5.74, 6) is -0.123. The van der Waals surface area contributed by atoms with Crippen molar-refractivity contribution in [1.29, 1.82) is 0 Å². The highest BCUT2D eigenvalue weighted by Crippen LogP contribution is 2.28. The van der Waals surface area contributed by atoms with Crippen LogP contribution in [-0.2, 0) is 16.0 Å². The second-order valence-corrected chi connectivity index (χ2v) is 5.78. The Hall–Kier alpha value is -2.67. The van der Waals surface area contributed by atoms with Crippen LogP contribution in [0.5, 0.6) is 0 Å². The normalized spacial score (nSPS) is 11.3. The molecule has 2 N–H and O–H groups in total. The van der Waals surface area contributed by atoms with E-state index < -0.39 is 5.97 Å². The number of methoxy groups -OCH3 is 1. The Balaban J connectivity index is 2.17. The molecule has 3 rings (SSSR count). The Bertz CT molecular complexity index is 904. The van der Waals surface area contributed by atoms with Crippen molar-refractivity contribution in [3.8, 4) is 0 Å². The van der Waals surface area contributed by atoms with Gasteiger partial charge < -0.3 is 19.8 Å². The van der Waals surface area contributed by atoms with Crippen molar-refractivity contribution in [1.82, 2.24) is 14.5 Å². The van der Waals surface area contributed by atoms with E-state index in [1.165, 1.54) is 0 Å². The highest BCUT2D eigenvalue weighted by atomic mass is 16.5. The van der Waals surface area contributed by atoms with Gasteiger partial charge in [0, 0.05) is 20.3 Å². The minimum Gasteiger partial charge on any atom is -0.462 e. The van der Waals surface area contributed by atoms with Gasteiger partial charge in [0.25, 0.3) is 0 Å². The van der Waals surface area contributed by atoms with E-state index in [4.69, 9.17) is 15.2 Å². The fourth-order valence-corrected chi connectivity index (χ4v) is 2.78. The van der Waals surface area contributed by atoms with Crippen molar-refractivity contribution in [3.05, 3.63) is 29.8 Å². The van der Waals surface area contributed by atoms with E-state index in [0.29, 0.717) is 47.8 Å². The molecule has 7 nitrogen and oxygen atoms in total. The van der Waals surface area contributed by atoms with Crippen molar-refractivity contribution in [2.24, 2.45) is 0 Å². The average molecular weight is 342 g/mol. The maximum Gasteiger partial charge on any atom is 0.344 e. The molecule has 0 aliphatic carbocycles. The first-order valence-electron chi connectivity index (χ1n) is 8.37. The van der Waals surface area contributed by atoms with E-state index in [-0.39, 0.29) is 0 Å². The van der Waals surface area contributed by atoms with E-state index in [1.54, 1.807) is 7.11 Å². The van der Waals surface area contributed by atoms with Crippen LogP contribution < -0.4 is 5.73 Å². The molecule has 3 aromatic rings. The number of anilines is 1. The quantitative estimate of drug-likeness (QED) is 0.524. The third-order valence-electron chi connectivity index (χ3n) is 3.96. The highest BCUT2D eigenvalue weighted by Gasteiger charge is 2.24. The SMILES string of the molecule is CCCOC(=O)c1c(N)n(CCCOC)c2nc3ccccc3nc12. The van der Waals surface area contributed by atoms with Gasteiger partial charge >= 0.3 is 5.97 Å². The van der Waals surface area contributed by atoms with Gasteiger partial charge in [-0.1, -0.05) is 19.1 Å². The topological polar surface area (TPSA) is 92.3 Å². The zero-order chi connectivity index (χ0) is 17.8. The maximum atomic E-state index is 12.5. The number of para-hydroxylation sites is 2. The average Bonchev–Trinajstić information content (AvgIpc) is 2.89. The maximum absolute atomic E-state index is 12.5. The smallest absolute Gasteiger partial charge is 0.344 e. The van der Waals surface area contributed by atoms with Crippen LogP contribution in [-0.4, -0.2) is 40.8 Å². The molecule has 0 saturated heterocycles. The molecule has 0 aliphatic heterocycles. The Morgan fingerprint density at radius 1 is 1.20 bits per heavy atom. The van der Waals surface area contributed by atoms with Crippen LogP contribution in [0.25, 0.3) is 22.2 Å². The molecule has 0 saturated carbocycles. The summed E-state index contributed by atoms with van der Waals surface area (Å²) in [5, 5.41) is 0. The number of aryl methyl sites for hydroxylation is 1. The van der Waals surface area contributed by atoms with Crippen molar-refractivity contribution in [2.75, 3.05) is 26.1 Å². The van der Waals surface area contributed by atoms with Gasteiger partial charge in [-0.25, -0.2) is 14.8 Å². The zero-order valence-corrected chi connectivity index (χ0v) is 14.5. The number of carbonyl (C=O) groups excluding carboxylic acids is 1. The molecule has 7 heteroatoms. The lowest BCUT2D eigenvalue weighted by Gasteiger charge is -2.07. The largest absolute Gasteiger partial charge is 0.462 e. The van der Waals surface area contributed by atoms with E-state index in [9.17, 15) is 4.79 Å². The molecule has 2 aromatic heterocycles. The number of hydrogen-bond donors (Lipinski definition) is 1. The summed E-state index contributed by atoms with van der Waals surface area (Å²) in [4.78, 5) is 21.8. The van der Waals surface area contributed by atoms with Gasteiger partial charge in [-0.2, -0.15) is 0 Å². The first-order chi connectivity index (χ1) is 12.2. The molecule has 0 bridgehead atoms. The summed E-state index contributed by atoms with van der Waals surface area (Å²) in [6, 6.07) is 7.54.